The zero-order valence-electron chi connectivity index (χ0n) is 12.8. The number of hydrogen-bond donors (Lipinski definition) is 1. The molecular weight excluding hydrogens is 367 g/mol. The van der Waals surface area contributed by atoms with Gasteiger partial charge in [0.15, 0.2) is 13.2 Å². The second kappa shape index (κ2) is 8.92. The molecular formula is C17H12Cl2N2O4. The van der Waals surface area contributed by atoms with Crippen LogP contribution < -0.4 is 10.1 Å². The number of nitrogens with zero attached hydrogens (tertiary/aromatic N) is 1. The lowest BCUT2D eigenvalue weighted by molar-refractivity contribution is -0.149. The summed E-state index contributed by atoms with van der Waals surface area (Å²) in [5.74, 6) is -0.894. The van der Waals surface area contributed by atoms with Crippen molar-refractivity contribution >= 4 is 40.8 Å². The molecule has 6 nitrogen and oxygen atoms in total. The lowest BCUT2D eigenvalue weighted by Crippen LogP contribution is -2.23. The summed E-state index contributed by atoms with van der Waals surface area (Å²) < 4.78 is 10.0. The van der Waals surface area contributed by atoms with Crippen LogP contribution >= 0.6 is 23.2 Å². The first kappa shape index (κ1) is 18.6. The molecule has 0 heterocycles. The van der Waals surface area contributed by atoms with Crippen LogP contribution in [0.25, 0.3) is 0 Å². The molecule has 0 fully saturated rings. The predicted molar refractivity (Wildman–Crippen MR) is 92.7 cm³/mol. The van der Waals surface area contributed by atoms with E-state index in [-0.39, 0.29) is 22.3 Å². The van der Waals surface area contributed by atoms with Crippen molar-refractivity contribution in [2.75, 3.05) is 18.5 Å². The maximum Gasteiger partial charge on any atom is 0.344 e. The van der Waals surface area contributed by atoms with Gasteiger partial charge < -0.3 is 14.8 Å². The number of amides is 1. The molecule has 0 spiro atoms. The highest BCUT2D eigenvalue weighted by Crippen LogP contribution is 2.29. The first-order valence-electron chi connectivity index (χ1n) is 7.02. The van der Waals surface area contributed by atoms with Crippen molar-refractivity contribution in [2.45, 2.75) is 0 Å². The van der Waals surface area contributed by atoms with Crippen LogP contribution in [0.1, 0.15) is 5.56 Å². The lowest BCUT2D eigenvalue weighted by Gasteiger charge is -2.10. The maximum absolute atomic E-state index is 11.8. The standard InChI is InChI=1S/C17H12Cl2N2O4/c18-13-2-1-3-14(19)17(13)21-15(22)9-25-16(23)10-24-12-6-4-11(8-20)5-7-12/h1-7H,9-10H2,(H,21,22). The van der Waals surface area contributed by atoms with E-state index in [2.05, 4.69) is 5.32 Å². The third-order valence-electron chi connectivity index (χ3n) is 2.93. The number of anilines is 1. The van der Waals surface area contributed by atoms with Crippen LogP contribution in [0.2, 0.25) is 10.0 Å². The summed E-state index contributed by atoms with van der Waals surface area (Å²) >= 11 is 11.9. The smallest absolute Gasteiger partial charge is 0.344 e. The number of carbonyl (C=O) groups is 2. The SMILES string of the molecule is N#Cc1ccc(OCC(=O)OCC(=O)Nc2c(Cl)cccc2Cl)cc1. The van der Waals surface area contributed by atoms with Crippen LogP contribution in [0.3, 0.4) is 0 Å². The molecule has 0 aliphatic carbocycles. The lowest BCUT2D eigenvalue weighted by atomic mass is 10.2. The number of esters is 1. The van der Waals surface area contributed by atoms with Gasteiger partial charge in [-0.3, -0.25) is 4.79 Å². The van der Waals surface area contributed by atoms with Gasteiger partial charge in [0, 0.05) is 0 Å². The Bertz CT molecular complexity index is 796. The molecule has 25 heavy (non-hydrogen) atoms. The molecule has 0 aliphatic rings. The van der Waals surface area contributed by atoms with Gasteiger partial charge in [0.05, 0.1) is 27.4 Å². The normalized spacial score (nSPS) is 9.80. The highest BCUT2D eigenvalue weighted by Gasteiger charge is 2.12. The Hall–Kier alpha value is -2.75. The average Bonchev–Trinajstić information content (AvgIpc) is 2.62. The number of rotatable bonds is 6. The minimum absolute atomic E-state index is 0.251. The van der Waals surface area contributed by atoms with Crippen molar-refractivity contribution < 1.29 is 19.1 Å². The van der Waals surface area contributed by atoms with Crippen molar-refractivity contribution in [3.05, 3.63) is 58.1 Å². The second-order valence-corrected chi connectivity index (χ2v) is 5.54. The van der Waals surface area contributed by atoms with E-state index < -0.39 is 18.5 Å². The molecule has 0 saturated carbocycles. The fraction of sp³-hybridized carbons (Fsp3) is 0.118. The fourth-order valence-corrected chi connectivity index (χ4v) is 2.24. The molecule has 2 aromatic carbocycles. The largest absolute Gasteiger partial charge is 0.482 e. The number of ether oxygens (including phenoxy) is 2. The summed E-state index contributed by atoms with van der Waals surface area (Å²) in [5, 5.41) is 11.7. The molecule has 2 aromatic rings. The molecule has 1 N–H and O–H groups in total. The van der Waals surface area contributed by atoms with Gasteiger partial charge in [-0.05, 0) is 36.4 Å². The summed E-state index contributed by atoms with van der Waals surface area (Å²) in [6, 6.07) is 13.0. The van der Waals surface area contributed by atoms with Crippen molar-refractivity contribution in [3.63, 3.8) is 0 Å². The topological polar surface area (TPSA) is 88.4 Å². The van der Waals surface area contributed by atoms with Gasteiger partial charge in [0.2, 0.25) is 0 Å². The molecule has 128 valence electrons. The van der Waals surface area contributed by atoms with Gasteiger partial charge >= 0.3 is 5.97 Å². The van der Waals surface area contributed by atoms with Gasteiger partial charge in [0.25, 0.3) is 5.91 Å². The van der Waals surface area contributed by atoms with E-state index in [1.165, 1.54) is 0 Å². The molecule has 1 amide bonds. The highest BCUT2D eigenvalue weighted by atomic mass is 35.5. The van der Waals surface area contributed by atoms with Crippen LogP contribution in [0, 0.1) is 11.3 Å². The van der Waals surface area contributed by atoms with Crippen LogP contribution in [0.15, 0.2) is 42.5 Å². The molecule has 0 atom stereocenters. The number of nitriles is 1. The molecule has 0 radical (unpaired) electrons. The average molecular weight is 379 g/mol. The predicted octanol–water partition coefficient (Wildman–Crippen LogP) is 3.43. The van der Waals surface area contributed by atoms with E-state index in [1.54, 1.807) is 42.5 Å². The fourth-order valence-electron chi connectivity index (χ4n) is 1.75. The van der Waals surface area contributed by atoms with Gasteiger partial charge in [-0.25, -0.2) is 4.79 Å². The summed E-state index contributed by atoms with van der Waals surface area (Å²) in [6.45, 7) is -0.872. The maximum atomic E-state index is 11.8. The molecule has 0 aromatic heterocycles. The van der Waals surface area contributed by atoms with Crippen molar-refractivity contribution in [1.82, 2.24) is 0 Å². The molecule has 0 bridgehead atoms. The van der Waals surface area contributed by atoms with Gasteiger partial charge in [-0.15, -0.1) is 0 Å². The molecule has 8 heteroatoms. The second-order valence-electron chi connectivity index (χ2n) is 4.73. The number of benzene rings is 2. The third kappa shape index (κ3) is 5.68. The van der Waals surface area contributed by atoms with Gasteiger partial charge in [0.1, 0.15) is 5.75 Å². The van der Waals surface area contributed by atoms with Crippen LogP contribution in [-0.2, 0) is 14.3 Å². The van der Waals surface area contributed by atoms with E-state index in [4.69, 9.17) is 37.9 Å². The first-order chi connectivity index (χ1) is 12.0. The van der Waals surface area contributed by atoms with Crippen LogP contribution in [0.5, 0.6) is 5.75 Å². The Morgan fingerprint density at radius 2 is 1.68 bits per heavy atom. The van der Waals surface area contributed by atoms with Crippen LogP contribution in [0.4, 0.5) is 5.69 Å². The summed E-state index contributed by atoms with van der Waals surface area (Å²) in [7, 11) is 0. The molecule has 0 unspecified atom stereocenters. The third-order valence-corrected chi connectivity index (χ3v) is 3.56. The highest BCUT2D eigenvalue weighted by molar-refractivity contribution is 6.39. The Labute approximate surface area is 153 Å². The minimum Gasteiger partial charge on any atom is -0.482 e. The zero-order chi connectivity index (χ0) is 18.2. The number of nitrogens with one attached hydrogen (secondary N) is 1. The van der Waals surface area contributed by atoms with Crippen molar-refractivity contribution in [2.24, 2.45) is 0 Å². The number of hydrogen-bond acceptors (Lipinski definition) is 5. The van der Waals surface area contributed by atoms with E-state index >= 15 is 0 Å². The van der Waals surface area contributed by atoms with Gasteiger partial charge in [-0.1, -0.05) is 29.3 Å². The quantitative estimate of drug-likeness (QED) is 0.777. The molecule has 0 saturated heterocycles. The molecule has 2 rings (SSSR count). The summed E-state index contributed by atoms with van der Waals surface area (Å²) in [6.07, 6.45) is 0. The Balaban J connectivity index is 1.77. The summed E-state index contributed by atoms with van der Waals surface area (Å²) in [4.78, 5) is 23.4. The van der Waals surface area contributed by atoms with Crippen molar-refractivity contribution in [1.29, 1.82) is 5.26 Å². The summed E-state index contributed by atoms with van der Waals surface area (Å²) in [5.41, 5.74) is 0.727. The van der Waals surface area contributed by atoms with E-state index in [1.807, 2.05) is 6.07 Å². The Morgan fingerprint density at radius 3 is 2.28 bits per heavy atom. The first-order valence-corrected chi connectivity index (χ1v) is 7.77. The van der Waals surface area contributed by atoms with E-state index in [9.17, 15) is 9.59 Å². The number of para-hydroxylation sites is 1. The Kier molecular flexibility index (Phi) is 6.63. The Morgan fingerprint density at radius 1 is 1.04 bits per heavy atom. The minimum atomic E-state index is -0.718. The van der Waals surface area contributed by atoms with Gasteiger partial charge in [-0.2, -0.15) is 5.26 Å². The van der Waals surface area contributed by atoms with E-state index in [0.29, 0.717) is 11.3 Å². The van der Waals surface area contributed by atoms with Crippen LogP contribution in [-0.4, -0.2) is 25.1 Å². The van der Waals surface area contributed by atoms with E-state index in [0.717, 1.165) is 0 Å². The van der Waals surface area contributed by atoms with Crippen molar-refractivity contribution in [3.8, 4) is 11.8 Å². The number of carbonyl (C=O) groups excluding carboxylic acids is 2. The monoisotopic (exact) mass is 378 g/mol. The molecule has 0 aliphatic heterocycles. The zero-order valence-corrected chi connectivity index (χ0v) is 14.3. The number of halogens is 2.